The van der Waals surface area contributed by atoms with Crippen molar-refractivity contribution in [2.24, 2.45) is 17.8 Å². The van der Waals surface area contributed by atoms with Gasteiger partial charge in [0, 0.05) is 17.7 Å². The fraction of sp³-hybridized carbons (Fsp3) is 0.419. The highest BCUT2D eigenvalue weighted by atomic mass is 19.3. The summed E-state index contributed by atoms with van der Waals surface area (Å²) in [6.07, 6.45) is 2.94. The maximum atomic E-state index is 15.2. The lowest BCUT2D eigenvalue weighted by Crippen LogP contribution is -2.31. The molecule has 1 saturated carbocycles. The van der Waals surface area contributed by atoms with Crippen molar-refractivity contribution in [3.8, 4) is 22.6 Å². The lowest BCUT2D eigenvalue weighted by molar-refractivity contribution is -0.189. The third-order valence-electron chi connectivity index (χ3n) is 8.28. The number of hydrogen-bond acceptors (Lipinski definition) is 3. The maximum absolute atomic E-state index is 15.2. The number of anilines is 1. The van der Waals surface area contributed by atoms with Crippen molar-refractivity contribution in [2.75, 3.05) is 12.3 Å². The van der Waals surface area contributed by atoms with Crippen LogP contribution in [-0.2, 0) is 12.5 Å². The highest BCUT2D eigenvalue weighted by Gasteiger charge is 2.42. The molecule has 1 aliphatic heterocycles. The molecular weight excluding hydrogens is 551 g/mol. The molecule has 10 heteroatoms. The summed E-state index contributed by atoms with van der Waals surface area (Å²) in [5, 5.41) is 0. The van der Waals surface area contributed by atoms with Crippen LogP contribution in [0.4, 0.5) is 36.4 Å². The summed E-state index contributed by atoms with van der Waals surface area (Å²) >= 11 is 0. The summed E-state index contributed by atoms with van der Waals surface area (Å²) < 4.78 is 112. The van der Waals surface area contributed by atoms with E-state index in [4.69, 9.17) is 10.5 Å². The highest BCUT2D eigenvalue weighted by Crippen LogP contribution is 2.43. The monoisotopic (exact) mass is 581 g/mol. The maximum Gasteiger partial charge on any atom is 0.432 e. The van der Waals surface area contributed by atoms with Crippen LogP contribution in [0.15, 0.2) is 36.4 Å². The summed E-state index contributed by atoms with van der Waals surface area (Å²) in [6, 6.07) is 4.41. The van der Waals surface area contributed by atoms with Gasteiger partial charge in [0.25, 0.3) is 0 Å². The largest absolute Gasteiger partial charge is 0.493 e. The lowest BCUT2D eigenvalue weighted by atomic mass is 9.72. The van der Waals surface area contributed by atoms with E-state index in [1.165, 1.54) is 37.8 Å². The predicted molar refractivity (Wildman–Crippen MR) is 140 cm³/mol. The smallest absolute Gasteiger partial charge is 0.432 e. The van der Waals surface area contributed by atoms with E-state index in [1.54, 1.807) is 0 Å². The van der Waals surface area contributed by atoms with Gasteiger partial charge in [-0.1, -0.05) is 32.6 Å². The molecule has 0 aromatic heterocycles. The van der Waals surface area contributed by atoms with Crippen LogP contribution in [-0.4, -0.2) is 6.61 Å². The average Bonchev–Trinajstić information content (AvgIpc) is 2.90. The summed E-state index contributed by atoms with van der Waals surface area (Å²) in [5.41, 5.74) is 2.47. The first-order chi connectivity index (χ1) is 19.5. The van der Waals surface area contributed by atoms with Crippen molar-refractivity contribution < 1.29 is 40.2 Å². The van der Waals surface area contributed by atoms with Crippen molar-refractivity contribution in [3.05, 3.63) is 76.6 Å². The number of hydrogen-bond donors (Lipinski definition) is 1. The van der Waals surface area contributed by atoms with Gasteiger partial charge in [0.1, 0.15) is 40.2 Å². The summed E-state index contributed by atoms with van der Waals surface area (Å²) in [6.45, 7) is 2.63. The van der Waals surface area contributed by atoms with Gasteiger partial charge >= 0.3 is 6.11 Å². The van der Waals surface area contributed by atoms with Crippen LogP contribution in [0.1, 0.15) is 56.6 Å². The Morgan fingerprint density at radius 1 is 0.829 bits per heavy atom. The van der Waals surface area contributed by atoms with E-state index in [1.807, 2.05) is 0 Å². The Morgan fingerprint density at radius 2 is 1.46 bits per heavy atom. The van der Waals surface area contributed by atoms with Gasteiger partial charge in [-0.2, -0.15) is 8.78 Å². The van der Waals surface area contributed by atoms with E-state index in [0.29, 0.717) is 54.5 Å². The van der Waals surface area contributed by atoms with Gasteiger partial charge in [-0.15, -0.1) is 0 Å². The van der Waals surface area contributed by atoms with Crippen LogP contribution >= 0.6 is 0 Å². The molecule has 0 spiro atoms. The van der Waals surface area contributed by atoms with Crippen LogP contribution in [0.3, 0.4) is 0 Å². The number of halogens is 7. The number of rotatable bonds is 7. The Labute approximate surface area is 233 Å². The Kier molecular flexibility index (Phi) is 8.12. The zero-order valence-electron chi connectivity index (χ0n) is 22.4. The first kappa shape index (κ1) is 29.1. The van der Waals surface area contributed by atoms with Crippen molar-refractivity contribution in [1.82, 2.24) is 0 Å². The Balaban J connectivity index is 1.36. The minimum absolute atomic E-state index is 0.224. The summed E-state index contributed by atoms with van der Waals surface area (Å²) in [5.74, 6) is -6.19. The Hall–Kier alpha value is -3.43. The van der Waals surface area contributed by atoms with Gasteiger partial charge in [0.2, 0.25) is 0 Å². The van der Waals surface area contributed by atoms with Crippen molar-refractivity contribution in [1.29, 1.82) is 0 Å². The molecule has 41 heavy (non-hydrogen) atoms. The molecule has 5 rings (SSSR count). The normalized spacial score (nSPS) is 20.8. The molecule has 1 aliphatic carbocycles. The molecule has 220 valence electrons. The molecule has 1 heterocycles. The van der Waals surface area contributed by atoms with E-state index < -0.39 is 52.2 Å². The van der Waals surface area contributed by atoms with Gasteiger partial charge in [-0.3, -0.25) is 0 Å². The number of nitrogen functional groups attached to an aromatic ring is 1. The van der Waals surface area contributed by atoms with Gasteiger partial charge in [0.05, 0.1) is 6.61 Å². The molecule has 0 amide bonds. The van der Waals surface area contributed by atoms with E-state index >= 15 is 4.39 Å². The standard InChI is InChI=1S/C31H30F7NO2/c1-2-3-16-4-6-17(7-5-16)20-8-19-11-23(32)22(14-28(19)40-15-20)18-9-24(33)29(25(34)10-18)31(37,38)41-21-12-26(35)30(39)27(36)13-21/h9-14,16-17,20H,2-8,15,39H2,1H3/t16?,17?,20-/m0/s1. The van der Waals surface area contributed by atoms with E-state index in [-0.39, 0.29) is 17.0 Å². The highest BCUT2D eigenvalue weighted by molar-refractivity contribution is 5.68. The SMILES string of the molecule is CCCC1CCC([C@@H]2COc3cc(-c4cc(F)c(C(F)(F)Oc5cc(F)c(N)c(F)c5)c(F)c4)c(F)cc3C2)CC1. The number of alkyl halides is 2. The van der Waals surface area contributed by atoms with E-state index in [9.17, 15) is 26.3 Å². The molecule has 3 nitrogen and oxygen atoms in total. The molecule has 0 bridgehead atoms. The average molecular weight is 582 g/mol. The second-order valence-electron chi connectivity index (χ2n) is 11.0. The van der Waals surface area contributed by atoms with E-state index in [2.05, 4.69) is 11.7 Å². The minimum Gasteiger partial charge on any atom is -0.493 e. The topological polar surface area (TPSA) is 44.5 Å². The van der Waals surface area contributed by atoms with E-state index in [0.717, 1.165) is 18.8 Å². The number of nitrogens with two attached hydrogens (primary N) is 1. The summed E-state index contributed by atoms with van der Waals surface area (Å²) in [7, 11) is 0. The third-order valence-corrected chi connectivity index (χ3v) is 8.28. The fourth-order valence-corrected chi connectivity index (χ4v) is 6.13. The van der Waals surface area contributed by atoms with Crippen molar-refractivity contribution in [2.45, 2.75) is 58.0 Å². The number of ether oxygens (including phenoxy) is 2. The predicted octanol–water partition coefficient (Wildman–Crippen LogP) is 8.92. The zero-order valence-corrected chi connectivity index (χ0v) is 22.4. The number of fused-ring (bicyclic) bond motifs is 1. The minimum atomic E-state index is -4.66. The van der Waals surface area contributed by atoms with Gasteiger partial charge in [-0.25, -0.2) is 22.0 Å². The summed E-state index contributed by atoms with van der Waals surface area (Å²) in [4.78, 5) is 0. The quantitative estimate of drug-likeness (QED) is 0.224. The first-order valence-corrected chi connectivity index (χ1v) is 13.7. The molecule has 0 radical (unpaired) electrons. The van der Waals surface area contributed by atoms with Crippen molar-refractivity contribution >= 4 is 5.69 Å². The molecule has 1 fully saturated rings. The molecule has 0 unspecified atom stereocenters. The van der Waals surface area contributed by atoms with Crippen LogP contribution < -0.4 is 15.2 Å². The second-order valence-corrected chi connectivity index (χ2v) is 11.0. The Bertz CT molecular complexity index is 1390. The van der Waals surface area contributed by atoms with Gasteiger partial charge in [0.15, 0.2) is 11.6 Å². The van der Waals surface area contributed by atoms with Crippen molar-refractivity contribution in [3.63, 3.8) is 0 Å². The second kappa shape index (κ2) is 11.4. The fourth-order valence-electron chi connectivity index (χ4n) is 6.13. The van der Waals surface area contributed by atoms with Gasteiger partial charge < -0.3 is 15.2 Å². The Morgan fingerprint density at radius 3 is 2.07 bits per heavy atom. The van der Waals surface area contributed by atoms with Crippen LogP contribution in [0, 0.1) is 46.8 Å². The molecule has 3 aromatic rings. The molecule has 2 aliphatic rings. The molecule has 2 N–H and O–H groups in total. The van der Waals surface area contributed by atoms with Crippen LogP contribution in [0.5, 0.6) is 11.5 Å². The molecule has 0 saturated heterocycles. The molecule has 3 aromatic carbocycles. The van der Waals surface area contributed by atoms with Gasteiger partial charge in [-0.05, 0) is 72.4 Å². The first-order valence-electron chi connectivity index (χ1n) is 13.7. The lowest BCUT2D eigenvalue weighted by Gasteiger charge is -2.36. The third kappa shape index (κ3) is 5.97. The zero-order chi connectivity index (χ0) is 29.5. The molecule has 1 atom stereocenters. The molecular formula is C31H30F7NO2. The van der Waals surface area contributed by atoms with Crippen LogP contribution in [0.2, 0.25) is 0 Å². The van der Waals surface area contributed by atoms with Crippen LogP contribution in [0.25, 0.3) is 11.1 Å². The number of benzene rings is 3.